The van der Waals surface area contributed by atoms with Gasteiger partial charge in [0, 0.05) is 0 Å². The number of carbonyl (C=O) groups is 3. The van der Waals surface area contributed by atoms with Gasteiger partial charge in [0.2, 0.25) is 0 Å². The highest BCUT2D eigenvalue weighted by Crippen LogP contribution is 2.38. The van der Waals surface area contributed by atoms with Crippen LogP contribution in [0.2, 0.25) is 5.02 Å². The molecule has 1 fully saturated rings. The van der Waals surface area contributed by atoms with E-state index in [0.717, 1.165) is 12.0 Å². The van der Waals surface area contributed by atoms with E-state index in [1.807, 2.05) is 19.1 Å². The Labute approximate surface area is 235 Å². The maximum atomic E-state index is 13.4. The van der Waals surface area contributed by atoms with Crippen molar-refractivity contribution in [3.05, 3.63) is 93.5 Å². The minimum absolute atomic E-state index is 0.00449. The number of nitrogens with one attached hydrogen (secondary N) is 1. The molecule has 10 heteroatoms. The number of carbonyl (C=O) groups excluding carboxylic acids is 2. The third-order valence-electron chi connectivity index (χ3n) is 5.90. The minimum atomic E-state index is -1.04. The van der Waals surface area contributed by atoms with Gasteiger partial charge in [-0.25, -0.2) is 4.79 Å². The van der Waals surface area contributed by atoms with Crippen LogP contribution in [0.1, 0.15) is 40.9 Å². The van der Waals surface area contributed by atoms with Crippen LogP contribution in [0.15, 0.2) is 66.2 Å². The Morgan fingerprint density at radius 1 is 1.05 bits per heavy atom. The molecular formula is C29H25ClN2O6S. The number of ether oxygens (including phenoxy) is 2. The Morgan fingerprint density at radius 2 is 1.79 bits per heavy atom. The second-order valence-electron chi connectivity index (χ2n) is 8.54. The first kappa shape index (κ1) is 27.8. The van der Waals surface area contributed by atoms with Crippen LogP contribution < -0.4 is 19.7 Å². The van der Waals surface area contributed by atoms with Crippen molar-refractivity contribution in [2.45, 2.75) is 26.9 Å². The van der Waals surface area contributed by atoms with Gasteiger partial charge in [-0.2, -0.15) is 0 Å². The van der Waals surface area contributed by atoms with E-state index in [0.29, 0.717) is 29.2 Å². The van der Waals surface area contributed by atoms with Crippen molar-refractivity contribution in [1.82, 2.24) is 5.32 Å². The summed E-state index contributed by atoms with van der Waals surface area (Å²) >= 11 is 11.8. The van der Waals surface area contributed by atoms with Gasteiger partial charge in [-0.1, -0.05) is 42.8 Å². The van der Waals surface area contributed by atoms with E-state index in [1.54, 1.807) is 43.3 Å². The summed E-state index contributed by atoms with van der Waals surface area (Å²) in [6.45, 7) is 4.17. The molecule has 0 aromatic heterocycles. The van der Waals surface area contributed by atoms with Crippen molar-refractivity contribution in [3.8, 4) is 11.5 Å². The summed E-state index contributed by atoms with van der Waals surface area (Å²) in [4.78, 5) is 38.7. The molecule has 3 aromatic rings. The number of rotatable bonds is 9. The fourth-order valence-electron chi connectivity index (χ4n) is 3.96. The molecule has 1 heterocycles. The Hall–Kier alpha value is -4.21. The maximum absolute atomic E-state index is 13.4. The van der Waals surface area contributed by atoms with Gasteiger partial charge >= 0.3 is 5.97 Å². The molecule has 0 spiro atoms. The number of benzene rings is 3. The van der Waals surface area contributed by atoms with Gasteiger partial charge in [-0.3, -0.25) is 19.8 Å². The summed E-state index contributed by atoms with van der Waals surface area (Å²) in [6, 6.07) is 16.9. The molecular weight excluding hydrogens is 540 g/mol. The third-order valence-corrected chi connectivity index (χ3v) is 6.47. The van der Waals surface area contributed by atoms with E-state index in [4.69, 9.17) is 33.3 Å². The van der Waals surface area contributed by atoms with Crippen molar-refractivity contribution in [1.29, 1.82) is 0 Å². The van der Waals surface area contributed by atoms with Crippen LogP contribution in [-0.2, 0) is 22.6 Å². The maximum Gasteiger partial charge on any atom is 0.335 e. The highest BCUT2D eigenvalue weighted by Gasteiger charge is 2.34. The highest BCUT2D eigenvalue weighted by molar-refractivity contribution is 7.80. The van der Waals surface area contributed by atoms with Crippen molar-refractivity contribution >= 4 is 58.5 Å². The summed E-state index contributed by atoms with van der Waals surface area (Å²) in [6.07, 6.45) is 2.26. The van der Waals surface area contributed by atoms with E-state index < -0.39 is 17.8 Å². The molecule has 39 heavy (non-hydrogen) atoms. The quantitative estimate of drug-likeness (QED) is 0.203. The van der Waals surface area contributed by atoms with Crippen LogP contribution in [0.25, 0.3) is 6.08 Å². The van der Waals surface area contributed by atoms with Gasteiger partial charge in [0.15, 0.2) is 16.6 Å². The normalized spacial score (nSPS) is 14.4. The SMILES string of the molecule is CCOc1cc(/C=C2\C(=O)NC(=S)N(c3ccc(CC)cc3)C2=O)cc(Cl)c1OCc1cccc(C(=O)O)c1. The van der Waals surface area contributed by atoms with Crippen LogP contribution in [0.3, 0.4) is 0 Å². The zero-order valence-corrected chi connectivity index (χ0v) is 22.8. The van der Waals surface area contributed by atoms with Crippen LogP contribution >= 0.6 is 23.8 Å². The zero-order chi connectivity index (χ0) is 28.1. The number of aryl methyl sites for hydroxylation is 1. The number of carboxylic acids is 1. The summed E-state index contributed by atoms with van der Waals surface area (Å²) in [7, 11) is 0. The average molecular weight is 565 g/mol. The molecule has 0 radical (unpaired) electrons. The number of anilines is 1. The van der Waals surface area contributed by atoms with Gasteiger partial charge in [0.05, 0.1) is 22.9 Å². The molecule has 1 aliphatic heterocycles. The topological polar surface area (TPSA) is 105 Å². The molecule has 0 unspecified atom stereocenters. The monoisotopic (exact) mass is 564 g/mol. The van der Waals surface area contributed by atoms with Gasteiger partial charge in [-0.15, -0.1) is 0 Å². The number of thiocarbonyl (C=S) groups is 1. The second kappa shape index (κ2) is 12.1. The average Bonchev–Trinajstić information content (AvgIpc) is 2.91. The molecule has 2 amide bonds. The molecule has 0 aliphatic carbocycles. The standard InChI is InChI=1S/C29H25ClN2O6S/c1-3-17-8-10-21(11-9-17)32-27(34)22(26(33)31-29(32)39)13-19-14-23(30)25(24(15-19)37-4-2)38-16-18-6-5-7-20(12-18)28(35)36/h5-15H,3-4,16H2,1-2H3,(H,35,36)(H,31,33,39)/b22-13+. The number of hydrogen-bond donors (Lipinski definition) is 2. The van der Waals surface area contributed by atoms with Crippen LogP contribution in [-0.4, -0.2) is 34.6 Å². The summed E-state index contributed by atoms with van der Waals surface area (Å²) < 4.78 is 11.6. The summed E-state index contributed by atoms with van der Waals surface area (Å²) in [5, 5.41) is 12.0. The van der Waals surface area contributed by atoms with E-state index in [-0.39, 0.29) is 33.6 Å². The molecule has 3 aromatic carbocycles. The fourth-order valence-corrected chi connectivity index (χ4v) is 4.52. The van der Waals surface area contributed by atoms with E-state index >= 15 is 0 Å². The number of amides is 2. The minimum Gasteiger partial charge on any atom is -0.490 e. The molecule has 0 atom stereocenters. The predicted octanol–water partition coefficient (Wildman–Crippen LogP) is 5.41. The number of hydrogen-bond acceptors (Lipinski definition) is 6. The summed E-state index contributed by atoms with van der Waals surface area (Å²) in [5.41, 5.74) is 2.73. The van der Waals surface area contributed by atoms with Crippen LogP contribution in [0.4, 0.5) is 5.69 Å². The number of carboxylic acid groups (broad SMARTS) is 1. The smallest absolute Gasteiger partial charge is 0.335 e. The first-order chi connectivity index (χ1) is 18.7. The number of nitrogens with zero attached hydrogens (tertiary/aromatic N) is 1. The summed E-state index contributed by atoms with van der Waals surface area (Å²) in [5.74, 6) is -1.68. The lowest BCUT2D eigenvalue weighted by molar-refractivity contribution is -0.122. The van der Waals surface area contributed by atoms with E-state index in [1.165, 1.54) is 23.1 Å². The van der Waals surface area contributed by atoms with Crippen molar-refractivity contribution in [3.63, 3.8) is 0 Å². The Morgan fingerprint density at radius 3 is 2.46 bits per heavy atom. The molecule has 2 N–H and O–H groups in total. The molecule has 200 valence electrons. The van der Waals surface area contributed by atoms with Gasteiger partial charge in [0.25, 0.3) is 11.8 Å². The Bertz CT molecular complexity index is 1490. The van der Waals surface area contributed by atoms with Gasteiger partial charge in [-0.05, 0) is 84.7 Å². The van der Waals surface area contributed by atoms with Crippen molar-refractivity contribution < 1.29 is 29.0 Å². The molecule has 0 bridgehead atoms. The van der Waals surface area contributed by atoms with Crippen molar-refractivity contribution in [2.24, 2.45) is 0 Å². The Balaban J connectivity index is 1.64. The lowest BCUT2D eigenvalue weighted by atomic mass is 10.1. The van der Waals surface area contributed by atoms with Crippen LogP contribution in [0, 0.1) is 0 Å². The number of halogens is 1. The molecule has 8 nitrogen and oxygen atoms in total. The second-order valence-corrected chi connectivity index (χ2v) is 9.33. The van der Waals surface area contributed by atoms with Crippen molar-refractivity contribution in [2.75, 3.05) is 11.5 Å². The van der Waals surface area contributed by atoms with E-state index in [9.17, 15) is 19.5 Å². The van der Waals surface area contributed by atoms with Crippen LogP contribution in [0.5, 0.6) is 11.5 Å². The van der Waals surface area contributed by atoms with E-state index in [2.05, 4.69) is 5.32 Å². The largest absolute Gasteiger partial charge is 0.490 e. The lowest BCUT2D eigenvalue weighted by Gasteiger charge is -2.29. The molecule has 1 aliphatic rings. The number of aromatic carboxylic acids is 1. The fraction of sp³-hybridized carbons (Fsp3) is 0.172. The lowest BCUT2D eigenvalue weighted by Crippen LogP contribution is -2.54. The first-order valence-corrected chi connectivity index (χ1v) is 12.9. The van der Waals surface area contributed by atoms with Gasteiger partial charge in [0.1, 0.15) is 12.2 Å². The van der Waals surface area contributed by atoms with Gasteiger partial charge < -0.3 is 14.6 Å². The Kier molecular flexibility index (Phi) is 8.63. The molecule has 0 saturated carbocycles. The third kappa shape index (κ3) is 6.27. The molecule has 4 rings (SSSR count). The first-order valence-electron chi connectivity index (χ1n) is 12.1. The molecule has 1 saturated heterocycles. The predicted molar refractivity (Wildman–Crippen MR) is 152 cm³/mol. The zero-order valence-electron chi connectivity index (χ0n) is 21.2. The highest BCUT2D eigenvalue weighted by atomic mass is 35.5.